The van der Waals surface area contributed by atoms with E-state index in [2.05, 4.69) is 15.5 Å². The summed E-state index contributed by atoms with van der Waals surface area (Å²) in [4.78, 5) is 12.9. The van der Waals surface area contributed by atoms with Gasteiger partial charge in [0.2, 0.25) is 5.91 Å². The van der Waals surface area contributed by atoms with Crippen molar-refractivity contribution < 1.29 is 4.79 Å². The minimum atomic E-state index is 0.000273. The third-order valence-electron chi connectivity index (χ3n) is 2.64. The second kappa shape index (κ2) is 4.62. The van der Waals surface area contributed by atoms with Gasteiger partial charge in [-0.15, -0.1) is 11.3 Å². The lowest BCUT2D eigenvalue weighted by Gasteiger charge is -2.04. The number of nitrogens with zero attached hydrogens (tertiary/aromatic N) is 1. The third kappa shape index (κ3) is 2.26. The Balaban J connectivity index is 1.73. The lowest BCUT2D eigenvalue weighted by molar-refractivity contribution is -0.115. The van der Waals surface area contributed by atoms with Gasteiger partial charge >= 0.3 is 0 Å². The molecule has 0 saturated carbocycles. The molecule has 0 saturated heterocycles. The van der Waals surface area contributed by atoms with E-state index in [9.17, 15) is 4.79 Å². The van der Waals surface area contributed by atoms with Gasteiger partial charge in [0.05, 0.1) is 18.1 Å². The number of amides is 1. The molecule has 0 aliphatic carbocycles. The van der Waals surface area contributed by atoms with Crippen molar-refractivity contribution in [3.8, 4) is 0 Å². The van der Waals surface area contributed by atoms with E-state index in [-0.39, 0.29) is 5.91 Å². The fraction of sp³-hybridized carbons (Fsp3) is 0.0769. The summed E-state index contributed by atoms with van der Waals surface area (Å²) >= 11 is 1.59. The number of fused-ring (bicyclic) bond motifs is 1. The molecule has 1 aromatic carbocycles. The van der Waals surface area contributed by atoms with Crippen LogP contribution in [-0.2, 0) is 11.2 Å². The number of H-pyrrole nitrogens is 1. The molecule has 3 aromatic rings. The summed E-state index contributed by atoms with van der Waals surface area (Å²) in [6.45, 7) is 0. The first-order valence-corrected chi connectivity index (χ1v) is 6.44. The molecular formula is C13H11N3OS. The van der Waals surface area contributed by atoms with Crippen molar-refractivity contribution in [2.45, 2.75) is 6.42 Å². The minimum absolute atomic E-state index is 0.000273. The molecule has 1 amide bonds. The van der Waals surface area contributed by atoms with E-state index < -0.39 is 0 Å². The molecule has 90 valence electrons. The highest BCUT2D eigenvalue weighted by atomic mass is 32.1. The second-order valence-electron chi connectivity index (χ2n) is 3.98. The van der Waals surface area contributed by atoms with Crippen LogP contribution in [0, 0.1) is 0 Å². The number of carbonyl (C=O) groups is 1. The molecule has 0 atom stereocenters. The van der Waals surface area contributed by atoms with Crippen LogP contribution in [0.2, 0.25) is 0 Å². The number of carbonyl (C=O) groups excluding carboxylic acids is 1. The van der Waals surface area contributed by atoms with Crippen molar-refractivity contribution in [2.75, 3.05) is 5.32 Å². The largest absolute Gasteiger partial charge is 0.326 e. The summed E-state index contributed by atoms with van der Waals surface area (Å²) in [5, 5.41) is 12.7. The number of aromatic amines is 1. The van der Waals surface area contributed by atoms with Crippen molar-refractivity contribution in [3.63, 3.8) is 0 Å². The first kappa shape index (κ1) is 11.0. The maximum absolute atomic E-state index is 11.8. The summed E-state index contributed by atoms with van der Waals surface area (Å²) in [5.41, 5.74) is 1.76. The first-order valence-electron chi connectivity index (χ1n) is 5.56. The van der Waals surface area contributed by atoms with Crippen LogP contribution in [0.1, 0.15) is 4.88 Å². The average molecular weight is 257 g/mol. The molecule has 0 radical (unpaired) electrons. The summed E-state index contributed by atoms with van der Waals surface area (Å²) < 4.78 is 0. The normalized spacial score (nSPS) is 10.7. The first-order chi connectivity index (χ1) is 8.81. The number of hydrogen-bond donors (Lipinski definition) is 2. The molecule has 0 spiro atoms. The third-order valence-corrected chi connectivity index (χ3v) is 3.52. The predicted octanol–water partition coefficient (Wildman–Crippen LogP) is 2.81. The van der Waals surface area contributed by atoms with Crippen molar-refractivity contribution >= 4 is 33.8 Å². The van der Waals surface area contributed by atoms with Crippen LogP contribution in [-0.4, -0.2) is 16.1 Å². The van der Waals surface area contributed by atoms with Crippen LogP contribution < -0.4 is 5.32 Å². The van der Waals surface area contributed by atoms with Gasteiger partial charge in [-0.1, -0.05) is 6.07 Å². The summed E-state index contributed by atoms with van der Waals surface area (Å²) in [7, 11) is 0. The van der Waals surface area contributed by atoms with E-state index in [1.807, 2.05) is 35.7 Å². The quantitative estimate of drug-likeness (QED) is 0.758. The maximum atomic E-state index is 11.8. The molecule has 0 aliphatic rings. The Morgan fingerprint density at radius 3 is 3.17 bits per heavy atom. The van der Waals surface area contributed by atoms with Crippen LogP contribution in [0.15, 0.2) is 41.9 Å². The number of aromatic nitrogens is 2. The summed E-state index contributed by atoms with van der Waals surface area (Å²) in [6.07, 6.45) is 2.16. The zero-order valence-electron chi connectivity index (χ0n) is 9.51. The Labute approximate surface area is 108 Å². The molecule has 3 rings (SSSR count). The number of nitrogens with one attached hydrogen (secondary N) is 2. The molecule has 0 fully saturated rings. The Kier molecular flexibility index (Phi) is 2.82. The zero-order chi connectivity index (χ0) is 12.4. The molecule has 5 heteroatoms. The fourth-order valence-corrected chi connectivity index (χ4v) is 2.50. The number of anilines is 1. The Morgan fingerprint density at radius 1 is 1.39 bits per heavy atom. The highest BCUT2D eigenvalue weighted by molar-refractivity contribution is 7.10. The van der Waals surface area contributed by atoms with Crippen LogP contribution in [0.5, 0.6) is 0 Å². The van der Waals surface area contributed by atoms with Crippen molar-refractivity contribution in [3.05, 3.63) is 46.8 Å². The minimum Gasteiger partial charge on any atom is -0.326 e. The molecule has 4 nitrogen and oxygen atoms in total. The van der Waals surface area contributed by atoms with Gasteiger partial charge in [-0.05, 0) is 29.6 Å². The van der Waals surface area contributed by atoms with Gasteiger partial charge in [-0.2, -0.15) is 5.10 Å². The van der Waals surface area contributed by atoms with Crippen LogP contribution in [0.25, 0.3) is 10.9 Å². The lowest BCUT2D eigenvalue weighted by atomic mass is 10.2. The fourth-order valence-electron chi connectivity index (χ4n) is 1.80. The number of rotatable bonds is 3. The predicted molar refractivity (Wildman–Crippen MR) is 72.7 cm³/mol. The van der Waals surface area contributed by atoms with Gasteiger partial charge in [-0.25, -0.2) is 0 Å². The number of hydrogen-bond acceptors (Lipinski definition) is 3. The highest BCUT2D eigenvalue weighted by Crippen LogP contribution is 2.17. The standard InChI is InChI=1S/C13H11N3OS/c17-13(7-11-2-1-5-18-11)15-10-3-4-12-9(6-10)8-14-16-12/h1-6,8H,7H2,(H,14,16)(H,15,17). The Bertz CT molecular complexity index is 672. The van der Waals surface area contributed by atoms with Crippen molar-refractivity contribution in [1.29, 1.82) is 0 Å². The summed E-state index contributed by atoms with van der Waals surface area (Å²) in [6, 6.07) is 9.59. The molecular weight excluding hydrogens is 246 g/mol. The molecule has 0 aliphatic heterocycles. The Morgan fingerprint density at radius 2 is 2.33 bits per heavy atom. The van der Waals surface area contributed by atoms with Crippen LogP contribution in [0.3, 0.4) is 0 Å². The van der Waals surface area contributed by atoms with E-state index in [0.717, 1.165) is 21.5 Å². The van der Waals surface area contributed by atoms with Crippen molar-refractivity contribution in [2.24, 2.45) is 0 Å². The second-order valence-corrected chi connectivity index (χ2v) is 5.01. The van der Waals surface area contributed by atoms with Gasteiger partial charge < -0.3 is 5.32 Å². The monoisotopic (exact) mass is 257 g/mol. The molecule has 2 heterocycles. The lowest BCUT2D eigenvalue weighted by Crippen LogP contribution is -2.13. The molecule has 18 heavy (non-hydrogen) atoms. The Hall–Kier alpha value is -2.14. The van der Waals surface area contributed by atoms with Gasteiger partial charge in [0, 0.05) is 16.0 Å². The zero-order valence-corrected chi connectivity index (χ0v) is 10.3. The van der Waals surface area contributed by atoms with Crippen LogP contribution >= 0.6 is 11.3 Å². The van der Waals surface area contributed by atoms with E-state index in [0.29, 0.717) is 6.42 Å². The number of thiophene rings is 1. The molecule has 2 N–H and O–H groups in total. The van der Waals surface area contributed by atoms with Gasteiger partial charge in [0.1, 0.15) is 0 Å². The van der Waals surface area contributed by atoms with E-state index >= 15 is 0 Å². The molecule has 0 unspecified atom stereocenters. The van der Waals surface area contributed by atoms with Crippen molar-refractivity contribution in [1.82, 2.24) is 10.2 Å². The van der Waals surface area contributed by atoms with Gasteiger partial charge in [0.25, 0.3) is 0 Å². The SMILES string of the molecule is O=C(Cc1cccs1)Nc1ccc2[nH]ncc2c1. The maximum Gasteiger partial charge on any atom is 0.229 e. The van der Waals surface area contributed by atoms with Crippen LogP contribution in [0.4, 0.5) is 5.69 Å². The van der Waals surface area contributed by atoms with Gasteiger partial charge in [0.15, 0.2) is 0 Å². The smallest absolute Gasteiger partial charge is 0.229 e. The highest BCUT2D eigenvalue weighted by Gasteiger charge is 2.05. The van der Waals surface area contributed by atoms with Gasteiger partial charge in [-0.3, -0.25) is 9.89 Å². The number of benzene rings is 1. The average Bonchev–Trinajstić information content (AvgIpc) is 2.98. The van der Waals surface area contributed by atoms with E-state index in [1.54, 1.807) is 17.5 Å². The van der Waals surface area contributed by atoms with E-state index in [1.165, 1.54) is 0 Å². The molecule has 2 aromatic heterocycles. The summed E-state index contributed by atoms with van der Waals surface area (Å²) in [5.74, 6) is 0.000273. The molecule has 0 bridgehead atoms. The topological polar surface area (TPSA) is 57.8 Å². The van der Waals surface area contributed by atoms with E-state index in [4.69, 9.17) is 0 Å².